The van der Waals surface area contributed by atoms with Crippen LogP contribution in [0.5, 0.6) is 0 Å². The van der Waals surface area contributed by atoms with Crippen LogP contribution in [0.15, 0.2) is 48.5 Å². The van der Waals surface area contributed by atoms with Crippen LogP contribution in [0, 0.1) is 6.92 Å². The van der Waals surface area contributed by atoms with Crippen LogP contribution >= 0.6 is 0 Å². The number of rotatable bonds is 6. The van der Waals surface area contributed by atoms with Crippen molar-refractivity contribution in [2.75, 3.05) is 6.26 Å². The Bertz CT molecular complexity index is 1140. The summed E-state index contributed by atoms with van der Waals surface area (Å²) in [5.74, 6) is -1.02. The van der Waals surface area contributed by atoms with E-state index in [9.17, 15) is 18.0 Å². The highest BCUT2D eigenvalue weighted by molar-refractivity contribution is 7.89. The van der Waals surface area contributed by atoms with Gasteiger partial charge in [-0.2, -0.15) is 0 Å². The maximum absolute atomic E-state index is 12.9. The van der Waals surface area contributed by atoms with E-state index in [1.54, 1.807) is 19.1 Å². The van der Waals surface area contributed by atoms with E-state index < -0.39 is 21.9 Å². The summed E-state index contributed by atoms with van der Waals surface area (Å²) < 4.78 is 28.0. The largest absolute Gasteiger partial charge is 0.451 e. The molecule has 0 saturated heterocycles. The molecule has 0 amide bonds. The van der Waals surface area contributed by atoms with E-state index >= 15 is 0 Å². The van der Waals surface area contributed by atoms with Crippen molar-refractivity contribution in [3.05, 3.63) is 70.9 Å². The maximum atomic E-state index is 12.9. The van der Waals surface area contributed by atoms with Crippen LogP contribution in [0.2, 0.25) is 0 Å². The van der Waals surface area contributed by atoms with Gasteiger partial charge in [0, 0.05) is 28.4 Å². The molecule has 1 aromatic heterocycles. The number of aryl methyl sites for hydroxylation is 1. The van der Waals surface area contributed by atoms with Gasteiger partial charge in [-0.15, -0.1) is 0 Å². The second kappa shape index (κ2) is 7.59. The lowest BCUT2D eigenvalue weighted by Gasteiger charge is -2.13. The third kappa shape index (κ3) is 4.31. The molecule has 1 atom stereocenters. The van der Waals surface area contributed by atoms with E-state index in [0.29, 0.717) is 11.1 Å². The number of Topliss-reactive ketones (excluding diaryl/α,β-unsaturated/α-hetero) is 1. The van der Waals surface area contributed by atoms with E-state index in [0.717, 1.165) is 22.9 Å². The van der Waals surface area contributed by atoms with Gasteiger partial charge >= 0.3 is 5.97 Å². The van der Waals surface area contributed by atoms with Crippen molar-refractivity contribution >= 4 is 32.5 Å². The number of esters is 1. The topological polar surface area (TPSA) is 93.3 Å². The summed E-state index contributed by atoms with van der Waals surface area (Å²) in [6, 6.07) is 13.6. The molecule has 0 unspecified atom stereocenters. The van der Waals surface area contributed by atoms with Crippen LogP contribution in [0.1, 0.15) is 38.9 Å². The van der Waals surface area contributed by atoms with E-state index in [1.165, 1.54) is 12.1 Å². The molecule has 0 aliphatic heterocycles. The Kier molecular flexibility index (Phi) is 5.38. The molecule has 3 aromatic rings. The number of nitrogens with one attached hydrogen (secondary N) is 1. The SMILES string of the molecule is Cc1[nH]c2ccccc2c1C(=O)[C@H](C)OC(=O)c1ccc(CS(C)(=O)=O)cc1. The molecular weight excluding hydrogens is 378 g/mol. The minimum absolute atomic E-state index is 0.100. The van der Waals surface area contributed by atoms with E-state index in [-0.39, 0.29) is 17.1 Å². The minimum Gasteiger partial charge on any atom is -0.451 e. The van der Waals surface area contributed by atoms with Gasteiger partial charge in [0.1, 0.15) is 0 Å². The second-order valence-electron chi connectivity index (χ2n) is 6.85. The van der Waals surface area contributed by atoms with Gasteiger partial charge in [-0.25, -0.2) is 13.2 Å². The first-order chi connectivity index (χ1) is 13.2. The predicted octanol–water partition coefficient (Wildman–Crippen LogP) is 3.45. The normalized spacial score (nSPS) is 12.7. The van der Waals surface area contributed by atoms with Crippen molar-refractivity contribution in [3.8, 4) is 0 Å². The Morgan fingerprint density at radius 1 is 1.07 bits per heavy atom. The zero-order valence-electron chi connectivity index (χ0n) is 15.9. The molecule has 3 rings (SSSR count). The van der Waals surface area contributed by atoms with Crippen molar-refractivity contribution in [2.45, 2.75) is 25.7 Å². The number of ketones is 1. The zero-order valence-corrected chi connectivity index (χ0v) is 16.7. The first kappa shape index (κ1) is 19.8. The lowest BCUT2D eigenvalue weighted by Crippen LogP contribution is -2.25. The van der Waals surface area contributed by atoms with E-state index in [2.05, 4.69) is 4.98 Å². The molecule has 1 N–H and O–H groups in total. The number of fused-ring (bicyclic) bond motifs is 1. The maximum Gasteiger partial charge on any atom is 0.338 e. The smallest absolute Gasteiger partial charge is 0.338 e. The molecule has 6 nitrogen and oxygen atoms in total. The van der Waals surface area contributed by atoms with Crippen LogP contribution < -0.4 is 0 Å². The van der Waals surface area contributed by atoms with E-state index in [1.807, 2.05) is 31.2 Å². The van der Waals surface area contributed by atoms with Gasteiger partial charge in [-0.05, 0) is 37.6 Å². The van der Waals surface area contributed by atoms with Crippen LogP contribution in [0.4, 0.5) is 0 Å². The number of para-hydroxylation sites is 1. The molecule has 0 aliphatic carbocycles. The predicted molar refractivity (Wildman–Crippen MR) is 107 cm³/mol. The first-order valence-corrected chi connectivity index (χ1v) is 10.8. The number of aromatic amines is 1. The summed E-state index contributed by atoms with van der Waals surface area (Å²) in [7, 11) is -3.15. The zero-order chi connectivity index (χ0) is 20.5. The Hall–Kier alpha value is -2.93. The molecule has 0 saturated carbocycles. The van der Waals surface area contributed by atoms with E-state index in [4.69, 9.17) is 4.74 Å². The van der Waals surface area contributed by atoms with Crippen LogP contribution in [0.25, 0.3) is 10.9 Å². The van der Waals surface area contributed by atoms with Gasteiger partial charge < -0.3 is 9.72 Å². The molecule has 1 heterocycles. The molecule has 0 bridgehead atoms. The lowest BCUT2D eigenvalue weighted by molar-refractivity contribution is 0.0319. The molecule has 0 fully saturated rings. The minimum atomic E-state index is -3.15. The first-order valence-electron chi connectivity index (χ1n) is 8.75. The Morgan fingerprint density at radius 3 is 2.36 bits per heavy atom. The van der Waals surface area contributed by atoms with Crippen molar-refractivity contribution in [1.82, 2.24) is 4.98 Å². The fourth-order valence-corrected chi connectivity index (χ4v) is 3.92. The third-order valence-electron chi connectivity index (χ3n) is 4.41. The van der Waals surface area contributed by atoms with Crippen molar-refractivity contribution in [3.63, 3.8) is 0 Å². The van der Waals surface area contributed by atoms with Gasteiger partial charge in [0.25, 0.3) is 0 Å². The summed E-state index contributed by atoms with van der Waals surface area (Å²) in [6.07, 6.45) is 0.191. The molecule has 7 heteroatoms. The summed E-state index contributed by atoms with van der Waals surface area (Å²) in [5, 5.41) is 0.790. The van der Waals surface area contributed by atoms with Crippen molar-refractivity contribution in [1.29, 1.82) is 0 Å². The van der Waals surface area contributed by atoms with Crippen LogP contribution in [-0.2, 0) is 20.3 Å². The highest BCUT2D eigenvalue weighted by Crippen LogP contribution is 2.24. The Morgan fingerprint density at radius 2 is 1.71 bits per heavy atom. The standard InChI is InChI=1S/C21H21NO5S/c1-13-19(17-6-4-5-7-18(17)22-13)20(23)14(2)27-21(24)16-10-8-15(9-11-16)12-28(3,25)26/h4-11,14,22H,12H2,1-3H3/t14-/m0/s1. The monoisotopic (exact) mass is 399 g/mol. The van der Waals surface area contributed by atoms with Crippen LogP contribution in [0.3, 0.4) is 0 Å². The van der Waals surface area contributed by atoms with Gasteiger partial charge in [-0.1, -0.05) is 30.3 Å². The number of sulfone groups is 1. The third-order valence-corrected chi connectivity index (χ3v) is 5.27. The van der Waals surface area contributed by atoms with Gasteiger partial charge in [0.05, 0.1) is 11.3 Å². The second-order valence-corrected chi connectivity index (χ2v) is 8.99. The number of carbonyl (C=O) groups is 2. The van der Waals surface area contributed by atoms with Gasteiger partial charge in [0.15, 0.2) is 15.9 Å². The molecule has 146 valence electrons. The van der Waals surface area contributed by atoms with Gasteiger partial charge in [0.2, 0.25) is 5.78 Å². The van der Waals surface area contributed by atoms with Gasteiger partial charge in [-0.3, -0.25) is 4.79 Å². The quantitative estimate of drug-likeness (QED) is 0.506. The Balaban J connectivity index is 1.75. The molecule has 2 aromatic carbocycles. The fraction of sp³-hybridized carbons (Fsp3) is 0.238. The number of H-pyrrole nitrogens is 1. The summed E-state index contributed by atoms with van der Waals surface area (Å²) in [5.41, 5.74) is 2.92. The average molecular weight is 399 g/mol. The summed E-state index contributed by atoms with van der Waals surface area (Å²) in [4.78, 5) is 28.4. The number of ether oxygens (including phenoxy) is 1. The summed E-state index contributed by atoms with van der Waals surface area (Å²) >= 11 is 0. The molecular formula is C21H21NO5S. The highest BCUT2D eigenvalue weighted by Gasteiger charge is 2.24. The average Bonchev–Trinajstić information content (AvgIpc) is 2.95. The van der Waals surface area contributed by atoms with Crippen LogP contribution in [-0.4, -0.2) is 37.5 Å². The number of hydrogen-bond acceptors (Lipinski definition) is 5. The lowest BCUT2D eigenvalue weighted by atomic mass is 10.0. The molecule has 28 heavy (non-hydrogen) atoms. The molecule has 0 spiro atoms. The molecule has 0 radical (unpaired) electrons. The number of benzene rings is 2. The summed E-state index contributed by atoms with van der Waals surface area (Å²) in [6.45, 7) is 3.35. The highest BCUT2D eigenvalue weighted by atomic mass is 32.2. The van der Waals surface area contributed by atoms with Crippen molar-refractivity contribution < 1.29 is 22.7 Å². The Labute approximate surface area is 163 Å². The number of carbonyl (C=O) groups excluding carboxylic acids is 2. The van der Waals surface area contributed by atoms with Crippen molar-refractivity contribution in [2.24, 2.45) is 0 Å². The number of hydrogen-bond donors (Lipinski definition) is 1. The molecule has 0 aliphatic rings. The fourth-order valence-electron chi connectivity index (χ4n) is 3.12. The number of aromatic nitrogens is 1.